The lowest BCUT2D eigenvalue weighted by atomic mass is 9.91. The fraction of sp³-hybridized carbons (Fsp3) is 0. The van der Waals surface area contributed by atoms with Crippen LogP contribution in [0.2, 0.25) is 0 Å². The van der Waals surface area contributed by atoms with Crippen molar-refractivity contribution in [3.8, 4) is 67.4 Å². The van der Waals surface area contributed by atoms with E-state index in [1.807, 2.05) is 53.9 Å². The summed E-state index contributed by atoms with van der Waals surface area (Å²) in [6.45, 7) is 0. The first-order valence-electron chi connectivity index (χ1n) is 17.8. The number of benzene rings is 7. The Hall–Kier alpha value is -6.75. The molecule has 0 saturated carbocycles. The van der Waals surface area contributed by atoms with Crippen molar-refractivity contribution < 1.29 is 0 Å². The highest BCUT2D eigenvalue weighted by Gasteiger charge is 2.17. The molecule has 53 heavy (non-hydrogen) atoms. The fourth-order valence-corrected chi connectivity index (χ4v) is 8.47. The second kappa shape index (κ2) is 13.1. The molecular weight excluding hydrogens is 663 g/mol. The summed E-state index contributed by atoms with van der Waals surface area (Å²) in [5.74, 6) is 0.678. The molecule has 3 heterocycles. The fourth-order valence-electron chi connectivity index (χ4n) is 7.38. The highest BCUT2D eigenvalue weighted by Crippen LogP contribution is 2.41. The zero-order valence-electron chi connectivity index (χ0n) is 28.6. The quantitative estimate of drug-likeness (QED) is 0.174. The molecule has 0 radical (unpaired) electrons. The van der Waals surface area contributed by atoms with Crippen LogP contribution in [0.3, 0.4) is 0 Å². The topological polar surface area (TPSA) is 38.7 Å². The number of hydrogen-bond acceptors (Lipinski definition) is 4. The van der Waals surface area contributed by atoms with Crippen LogP contribution in [0.25, 0.3) is 98.4 Å². The zero-order valence-corrected chi connectivity index (χ0v) is 29.5. The minimum Gasteiger partial charge on any atom is -0.256 e. The number of aromatic nitrogens is 3. The van der Waals surface area contributed by atoms with Crippen molar-refractivity contribution in [3.63, 3.8) is 0 Å². The molecule has 0 saturated heterocycles. The Morgan fingerprint density at radius 1 is 0.340 bits per heavy atom. The van der Waals surface area contributed by atoms with Crippen LogP contribution in [0, 0.1) is 0 Å². The summed E-state index contributed by atoms with van der Waals surface area (Å²) in [4.78, 5) is 15.2. The molecule has 0 aliphatic rings. The minimum atomic E-state index is 0.678. The molecule has 0 spiro atoms. The number of nitrogens with zero attached hydrogens (tertiary/aromatic N) is 3. The van der Waals surface area contributed by atoms with Gasteiger partial charge in [0, 0.05) is 48.6 Å². The number of rotatable bonds is 6. The Morgan fingerprint density at radius 2 is 1.00 bits per heavy atom. The van der Waals surface area contributed by atoms with E-state index in [4.69, 9.17) is 15.0 Å². The molecule has 10 aromatic rings. The third-order valence-corrected chi connectivity index (χ3v) is 11.1. The van der Waals surface area contributed by atoms with Gasteiger partial charge in [-0.2, -0.15) is 0 Å². The number of fused-ring (bicyclic) bond motifs is 4. The summed E-state index contributed by atoms with van der Waals surface area (Å²) in [7, 11) is 0. The van der Waals surface area contributed by atoms with E-state index in [1.54, 1.807) is 0 Å². The monoisotopic (exact) mass is 693 g/mol. The van der Waals surface area contributed by atoms with E-state index < -0.39 is 0 Å². The lowest BCUT2D eigenvalue weighted by Crippen LogP contribution is -1.98. The van der Waals surface area contributed by atoms with E-state index in [9.17, 15) is 0 Å². The number of pyridine rings is 1. The van der Waals surface area contributed by atoms with Crippen molar-refractivity contribution in [1.29, 1.82) is 0 Å². The normalized spacial score (nSPS) is 11.4. The molecule has 248 valence electrons. The van der Waals surface area contributed by atoms with Gasteiger partial charge in [0.25, 0.3) is 0 Å². The zero-order chi connectivity index (χ0) is 35.1. The average Bonchev–Trinajstić information content (AvgIpc) is 3.62. The molecule has 0 fully saturated rings. The molecular formula is C49H31N3S. The van der Waals surface area contributed by atoms with Gasteiger partial charge in [-0.25, -0.2) is 9.97 Å². The largest absolute Gasteiger partial charge is 0.256 e. The van der Waals surface area contributed by atoms with Gasteiger partial charge in [-0.05, 0) is 87.6 Å². The van der Waals surface area contributed by atoms with Crippen LogP contribution in [-0.2, 0) is 0 Å². The number of hydrogen-bond donors (Lipinski definition) is 0. The van der Waals surface area contributed by atoms with Crippen molar-refractivity contribution in [2.75, 3.05) is 0 Å². The molecule has 0 aliphatic carbocycles. The smallest absolute Gasteiger partial charge is 0.160 e. The first-order chi connectivity index (χ1) is 26.2. The molecule has 0 amide bonds. The Bertz CT molecular complexity index is 2940. The Balaban J connectivity index is 1.23. The molecule has 0 bridgehead atoms. The molecule has 3 aromatic heterocycles. The van der Waals surface area contributed by atoms with E-state index in [2.05, 4.69) is 146 Å². The van der Waals surface area contributed by atoms with Crippen LogP contribution in [0.1, 0.15) is 0 Å². The van der Waals surface area contributed by atoms with E-state index >= 15 is 0 Å². The highest BCUT2D eigenvalue weighted by atomic mass is 32.1. The first-order valence-corrected chi connectivity index (χ1v) is 18.6. The van der Waals surface area contributed by atoms with Crippen molar-refractivity contribution >= 4 is 42.3 Å². The van der Waals surface area contributed by atoms with Gasteiger partial charge < -0.3 is 0 Å². The highest BCUT2D eigenvalue weighted by molar-refractivity contribution is 7.25. The van der Waals surface area contributed by atoms with Gasteiger partial charge in [-0.15, -0.1) is 11.3 Å². The van der Waals surface area contributed by atoms with E-state index in [0.717, 1.165) is 50.5 Å². The van der Waals surface area contributed by atoms with Crippen molar-refractivity contribution in [1.82, 2.24) is 15.0 Å². The third kappa shape index (κ3) is 5.76. The SMILES string of the molecule is c1ccc(-c2nc(-c3cc(-c4ccc5sc6ccccc6c5c4)cc(-c4cccc5ccccc45)c3)cc(-c3ccccc3-c3ccccn3)n2)cc1. The predicted molar refractivity (Wildman–Crippen MR) is 223 cm³/mol. The Morgan fingerprint density at radius 3 is 1.87 bits per heavy atom. The first kappa shape index (κ1) is 31.0. The molecule has 0 aliphatic heterocycles. The predicted octanol–water partition coefficient (Wildman–Crippen LogP) is 13.4. The van der Waals surface area contributed by atoms with Gasteiger partial charge >= 0.3 is 0 Å². The minimum absolute atomic E-state index is 0.678. The molecule has 3 nitrogen and oxygen atoms in total. The van der Waals surface area contributed by atoms with E-state index in [-0.39, 0.29) is 0 Å². The number of thiophene rings is 1. The molecule has 7 aromatic carbocycles. The van der Waals surface area contributed by atoms with Gasteiger partial charge in [0.2, 0.25) is 0 Å². The van der Waals surface area contributed by atoms with Crippen LogP contribution < -0.4 is 0 Å². The maximum absolute atomic E-state index is 5.29. The van der Waals surface area contributed by atoms with Gasteiger partial charge in [-0.1, -0.05) is 127 Å². The van der Waals surface area contributed by atoms with Gasteiger partial charge in [0.15, 0.2) is 5.82 Å². The summed E-state index contributed by atoms with van der Waals surface area (Å²) < 4.78 is 2.60. The van der Waals surface area contributed by atoms with Crippen LogP contribution in [0.15, 0.2) is 188 Å². The maximum Gasteiger partial charge on any atom is 0.160 e. The van der Waals surface area contributed by atoms with Crippen LogP contribution in [-0.4, -0.2) is 15.0 Å². The molecule has 0 N–H and O–H groups in total. The molecule has 4 heteroatoms. The second-order valence-corrected chi connectivity index (χ2v) is 14.3. The third-order valence-electron chi connectivity index (χ3n) is 9.94. The van der Waals surface area contributed by atoms with Gasteiger partial charge in [0.05, 0.1) is 17.1 Å². The van der Waals surface area contributed by atoms with Crippen LogP contribution >= 0.6 is 11.3 Å². The van der Waals surface area contributed by atoms with Crippen LogP contribution in [0.4, 0.5) is 0 Å². The van der Waals surface area contributed by atoms with Crippen molar-refractivity contribution in [2.24, 2.45) is 0 Å². The molecule has 10 rings (SSSR count). The summed E-state index contributed by atoms with van der Waals surface area (Å²) >= 11 is 1.84. The summed E-state index contributed by atoms with van der Waals surface area (Å²) in [6, 6.07) is 64.4. The van der Waals surface area contributed by atoms with Gasteiger partial charge in [0.1, 0.15) is 0 Å². The summed E-state index contributed by atoms with van der Waals surface area (Å²) in [6.07, 6.45) is 1.84. The Kier molecular flexibility index (Phi) is 7.67. The maximum atomic E-state index is 5.29. The molecule has 0 unspecified atom stereocenters. The average molecular weight is 694 g/mol. The Labute approximate surface area is 311 Å². The standard InChI is InChI=1S/C49H31N3S/c1-2-14-33(15-3-1)49-51-45(31-46(52-49)41-19-7-6-18-40(41)44-22-10-11-26-50-44)37-28-35(27-36(29-37)39-21-12-16-32-13-4-5-17-38(32)39)34-24-25-48-43(30-34)42-20-8-9-23-47(42)53-48/h1-31H. The van der Waals surface area contributed by atoms with Gasteiger partial charge in [-0.3, -0.25) is 4.98 Å². The lowest BCUT2D eigenvalue weighted by molar-refractivity contribution is 1.18. The summed E-state index contributed by atoms with van der Waals surface area (Å²) in [5.41, 5.74) is 11.3. The summed E-state index contributed by atoms with van der Waals surface area (Å²) in [5, 5.41) is 5.00. The molecule has 0 atom stereocenters. The second-order valence-electron chi connectivity index (χ2n) is 13.2. The van der Waals surface area contributed by atoms with E-state index in [0.29, 0.717) is 5.82 Å². The lowest BCUT2D eigenvalue weighted by Gasteiger charge is -2.15. The van der Waals surface area contributed by atoms with E-state index in [1.165, 1.54) is 42.1 Å². The van der Waals surface area contributed by atoms with Crippen LogP contribution in [0.5, 0.6) is 0 Å². The van der Waals surface area contributed by atoms with Crippen molar-refractivity contribution in [3.05, 3.63) is 188 Å². The van der Waals surface area contributed by atoms with Crippen molar-refractivity contribution in [2.45, 2.75) is 0 Å².